The van der Waals surface area contributed by atoms with Crippen LogP contribution in [0.1, 0.15) is 22.3 Å². The molecule has 0 N–H and O–H groups in total. The van der Waals surface area contributed by atoms with Crippen LogP contribution in [0.15, 0.2) is 206 Å². The van der Waals surface area contributed by atoms with Crippen LogP contribution < -0.4 is 0 Å². The van der Waals surface area contributed by atoms with Crippen LogP contribution in [-0.2, 0) is 0 Å². The summed E-state index contributed by atoms with van der Waals surface area (Å²) in [5.41, 5.74) is 19.0. The van der Waals surface area contributed by atoms with Crippen molar-refractivity contribution in [3.8, 4) is 85.2 Å². The molecule has 0 amide bonds. The van der Waals surface area contributed by atoms with Crippen molar-refractivity contribution in [1.29, 1.82) is 15.8 Å². The summed E-state index contributed by atoms with van der Waals surface area (Å²) >= 11 is 0. The van der Waals surface area contributed by atoms with E-state index in [9.17, 15) is 15.8 Å². The molecule has 0 unspecified atom stereocenters. The third-order valence-electron chi connectivity index (χ3n) is 13.8. The van der Waals surface area contributed by atoms with Gasteiger partial charge in [-0.05, 0) is 166 Å². The van der Waals surface area contributed by atoms with Crippen LogP contribution in [-0.4, -0.2) is 9.13 Å². The first-order valence-electron chi connectivity index (χ1n) is 23.6. The molecule has 0 aliphatic carbocycles. The second kappa shape index (κ2) is 17.6. The molecular weight excluding hydrogens is 891 g/mol. The van der Waals surface area contributed by atoms with E-state index in [1.54, 1.807) is 0 Å². The average molecular weight is 928 g/mol. The summed E-state index contributed by atoms with van der Waals surface area (Å²) in [6.45, 7) is 17.5. The maximum Gasteiger partial charge on any atom is 0.187 e. The largest absolute Gasteiger partial charge is 0.309 e. The molecule has 2 heterocycles. The molecule has 0 fully saturated rings. The number of benzene rings is 10. The smallest absolute Gasteiger partial charge is 0.187 e. The molecule has 0 saturated heterocycles. The first-order chi connectivity index (χ1) is 35.8. The summed E-state index contributed by atoms with van der Waals surface area (Å²) in [6.07, 6.45) is 0. The van der Waals surface area contributed by atoms with E-state index in [-0.39, 0.29) is 0 Å². The highest BCUT2D eigenvalue weighted by Gasteiger charge is 2.23. The van der Waals surface area contributed by atoms with Gasteiger partial charge in [0.2, 0.25) is 0 Å². The lowest BCUT2D eigenvalue weighted by molar-refractivity contribution is 1.15. The highest BCUT2D eigenvalue weighted by atomic mass is 15.0. The number of fused-ring (bicyclic) bond motifs is 6. The number of rotatable bonds is 7. The molecule has 73 heavy (non-hydrogen) atoms. The molecular formula is C66H37N7. The lowest BCUT2D eigenvalue weighted by Crippen LogP contribution is -2.02. The second-order valence-electron chi connectivity index (χ2n) is 18.2. The molecule has 0 atom stereocenters. The zero-order valence-corrected chi connectivity index (χ0v) is 39.3. The molecule has 10 aromatic carbocycles. The minimum Gasteiger partial charge on any atom is -0.309 e. The fraction of sp³-hybridized carbons (Fsp3) is 0.0152. The maximum absolute atomic E-state index is 10.6. The summed E-state index contributed by atoms with van der Waals surface area (Å²) in [4.78, 5) is 7.43. The molecule has 7 nitrogen and oxygen atoms in total. The topological polar surface area (TPSA) is 90.0 Å². The standard InChI is InChI=1S/C66H37N7/c1-41-16-22-55(66(28-41)73-64-26-19-50(46-11-5-9-43(30-46)39-68)35-59(64)60-37-52(21-27-65(60)73)48-13-7-15-54(33-48)71-3)56-31-44(40-69)17-23-61(56)72-62-24-18-49(45-10-4-8-42(29-45)38-67)34-57(62)58-36-51(20-25-63(58)72)47-12-6-14-53(32-47)70-2/h4-37H,1H3. The number of hydrogen-bond acceptors (Lipinski definition) is 3. The maximum atomic E-state index is 10.6. The number of nitrogens with zero attached hydrogens (tertiary/aromatic N) is 7. The van der Waals surface area contributed by atoms with Crippen molar-refractivity contribution in [2.45, 2.75) is 6.92 Å². The molecule has 0 radical (unpaired) electrons. The Balaban J connectivity index is 1.12. The van der Waals surface area contributed by atoms with Crippen molar-refractivity contribution in [3.05, 3.63) is 251 Å². The average Bonchev–Trinajstić information content (AvgIpc) is 3.96. The Morgan fingerprint density at radius 3 is 1.15 bits per heavy atom. The number of aryl methyl sites for hydroxylation is 1. The first kappa shape index (κ1) is 43.5. The zero-order valence-electron chi connectivity index (χ0n) is 39.3. The summed E-state index contributed by atoms with van der Waals surface area (Å²) < 4.78 is 4.61. The molecule has 7 heteroatoms. The van der Waals surface area contributed by atoms with Crippen LogP contribution in [0.5, 0.6) is 0 Å². The number of hydrogen-bond donors (Lipinski definition) is 0. The quantitative estimate of drug-likeness (QED) is 0.149. The van der Waals surface area contributed by atoms with Gasteiger partial charge in [-0.25, -0.2) is 9.69 Å². The van der Waals surface area contributed by atoms with Crippen LogP contribution in [0, 0.1) is 54.1 Å². The van der Waals surface area contributed by atoms with Crippen molar-refractivity contribution in [2.24, 2.45) is 0 Å². The van der Waals surface area contributed by atoms with E-state index in [0.717, 1.165) is 116 Å². The zero-order chi connectivity index (χ0) is 49.7. The number of aromatic nitrogens is 2. The Hall–Kier alpha value is -10.8. The molecule has 2 aromatic heterocycles. The van der Waals surface area contributed by atoms with E-state index in [1.807, 2.05) is 115 Å². The van der Waals surface area contributed by atoms with Crippen molar-refractivity contribution < 1.29 is 0 Å². The van der Waals surface area contributed by atoms with Crippen molar-refractivity contribution in [2.75, 3.05) is 0 Å². The SMILES string of the molecule is [C-]#[N+]c1cccc(-c2ccc3c(c2)c2cc(-c4cccc(C#N)c4)ccc2n3-c2ccc(C#N)cc2-c2ccc(C)cc2-n2c3ccc(-c4cccc(C#N)c4)cc3c3cc(-c4cccc([N+]#[C-])c4)ccc32)c1. The molecule has 0 saturated carbocycles. The van der Waals surface area contributed by atoms with Crippen LogP contribution >= 0.6 is 0 Å². The Morgan fingerprint density at radius 1 is 0.342 bits per heavy atom. The summed E-state index contributed by atoms with van der Waals surface area (Å²) in [7, 11) is 0. The van der Waals surface area contributed by atoms with Gasteiger partial charge >= 0.3 is 0 Å². The van der Waals surface area contributed by atoms with Crippen molar-refractivity contribution in [1.82, 2.24) is 9.13 Å². The predicted octanol–water partition coefficient (Wildman–Crippen LogP) is 17.2. The van der Waals surface area contributed by atoms with Crippen molar-refractivity contribution >= 4 is 55.0 Å². The third kappa shape index (κ3) is 7.51. The molecule has 12 aromatic rings. The first-order valence-corrected chi connectivity index (χ1v) is 23.6. The summed E-state index contributed by atoms with van der Waals surface area (Å²) in [5.74, 6) is 0. The van der Waals surface area contributed by atoms with Crippen LogP contribution in [0.2, 0.25) is 0 Å². The molecule has 0 bridgehead atoms. The van der Waals surface area contributed by atoms with Gasteiger partial charge in [0.25, 0.3) is 0 Å². The van der Waals surface area contributed by atoms with Gasteiger partial charge in [0.05, 0.1) is 81.5 Å². The monoisotopic (exact) mass is 927 g/mol. The van der Waals surface area contributed by atoms with Crippen LogP contribution in [0.3, 0.4) is 0 Å². The normalized spacial score (nSPS) is 11.0. The predicted molar refractivity (Wildman–Crippen MR) is 294 cm³/mol. The molecule has 0 aliphatic heterocycles. The van der Waals surface area contributed by atoms with Gasteiger partial charge in [-0.15, -0.1) is 0 Å². The minimum absolute atomic E-state index is 0.519. The van der Waals surface area contributed by atoms with E-state index in [2.05, 4.69) is 135 Å². The Bertz CT molecular complexity index is 4300. The fourth-order valence-corrected chi connectivity index (χ4v) is 10.4. The van der Waals surface area contributed by atoms with E-state index in [0.29, 0.717) is 28.1 Å². The van der Waals surface area contributed by atoms with E-state index < -0.39 is 0 Å². The van der Waals surface area contributed by atoms with Gasteiger partial charge in [-0.3, -0.25) is 0 Å². The highest BCUT2D eigenvalue weighted by molar-refractivity contribution is 6.14. The van der Waals surface area contributed by atoms with Gasteiger partial charge in [-0.2, -0.15) is 15.8 Å². The van der Waals surface area contributed by atoms with E-state index in [1.165, 1.54) is 0 Å². The van der Waals surface area contributed by atoms with Crippen LogP contribution in [0.25, 0.3) is 120 Å². The lowest BCUT2D eigenvalue weighted by Gasteiger charge is -2.19. The number of nitriles is 3. The fourth-order valence-electron chi connectivity index (χ4n) is 10.4. The minimum atomic E-state index is 0.519. The highest BCUT2D eigenvalue weighted by Crippen LogP contribution is 2.44. The molecule has 336 valence electrons. The molecule has 12 rings (SSSR count). The van der Waals surface area contributed by atoms with Crippen LogP contribution in [0.4, 0.5) is 11.4 Å². The van der Waals surface area contributed by atoms with Gasteiger partial charge in [0.15, 0.2) is 11.4 Å². The van der Waals surface area contributed by atoms with Gasteiger partial charge in [0, 0.05) is 32.7 Å². The van der Waals surface area contributed by atoms with Crippen molar-refractivity contribution in [3.63, 3.8) is 0 Å². The summed E-state index contributed by atoms with van der Waals surface area (Å²) in [5, 5.41) is 34.3. The summed E-state index contributed by atoms with van der Waals surface area (Å²) in [6, 6.07) is 76.0. The Morgan fingerprint density at radius 2 is 0.726 bits per heavy atom. The third-order valence-corrected chi connectivity index (χ3v) is 13.8. The van der Waals surface area contributed by atoms with Gasteiger partial charge < -0.3 is 9.13 Å². The Kier molecular flexibility index (Phi) is 10.5. The van der Waals surface area contributed by atoms with Gasteiger partial charge in [0.1, 0.15) is 0 Å². The molecule has 0 spiro atoms. The Labute approximate surface area is 421 Å². The van der Waals surface area contributed by atoms with E-state index >= 15 is 0 Å². The molecule has 0 aliphatic rings. The van der Waals surface area contributed by atoms with Gasteiger partial charge in [-0.1, -0.05) is 97.1 Å². The lowest BCUT2D eigenvalue weighted by atomic mass is 9.97. The second-order valence-corrected chi connectivity index (χ2v) is 18.2. The van der Waals surface area contributed by atoms with E-state index in [4.69, 9.17) is 13.1 Å².